The molecule has 0 N–H and O–H groups in total. The number of carbonyl (C=O) groups is 1. The Kier molecular flexibility index (Phi) is 6.85. The zero-order chi connectivity index (χ0) is 20.6. The molecule has 150 valence electrons. The van der Waals surface area contributed by atoms with Crippen LogP contribution in [0, 0.1) is 0 Å². The SMILES string of the molecule is CCOc1cc(/C=C/C(=O)c2cnn(C(C)C)c2)ccc1OCc1ccccc1. The number of hydrogen-bond acceptors (Lipinski definition) is 4. The van der Waals surface area contributed by atoms with Crippen LogP contribution in [0.3, 0.4) is 0 Å². The highest BCUT2D eigenvalue weighted by molar-refractivity contribution is 6.06. The first-order chi connectivity index (χ1) is 14.1. The Morgan fingerprint density at radius 2 is 1.90 bits per heavy atom. The van der Waals surface area contributed by atoms with Gasteiger partial charge in [-0.05, 0) is 50.1 Å². The molecule has 0 saturated carbocycles. The van der Waals surface area contributed by atoms with Crippen molar-refractivity contribution < 1.29 is 14.3 Å². The Morgan fingerprint density at radius 1 is 1.10 bits per heavy atom. The van der Waals surface area contributed by atoms with Gasteiger partial charge in [0.05, 0.1) is 18.4 Å². The van der Waals surface area contributed by atoms with E-state index in [4.69, 9.17) is 9.47 Å². The normalized spacial score (nSPS) is 11.2. The Bertz CT molecular complexity index is 975. The molecule has 3 rings (SSSR count). The molecule has 29 heavy (non-hydrogen) atoms. The van der Waals surface area contributed by atoms with Crippen LogP contribution in [-0.2, 0) is 6.61 Å². The Labute approximate surface area is 171 Å². The van der Waals surface area contributed by atoms with E-state index >= 15 is 0 Å². The van der Waals surface area contributed by atoms with Crippen molar-refractivity contribution in [2.75, 3.05) is 6.61 Å². The average Bonchev–Trinajstić information content (AvgIpc) is 3.23. The second kappa shape index (κ2) is 9.73. The summed E-state index contributed by atoms with van der Waals surface area (Å²) in [5.41, 5.74) is 2.53. The summed E-state index contributed by atoms with van der Waals surface area (Å²) in [5.74, 6) is 1.25. The highest BCUT2D eigenvalue weighted by atomic mass is 16.5. The van der Waals surface area contributed by atoms with Gasteiger partial charge in [-0.2, -0.15) is 5.10 Å². The quantitative estimate of drug-likeness (QED) is 0.366. The number of rotatable bonds is 9. The maximum atomic E-state index is 12.4. The topological polar surface area (TPSA) is 53.3 Å². The fourth-order valence-electron chi connectivity index (χ4n) is 2.77. The number of ether oxygens (including phenoxy) is 2. The summed E-state index contributed by atoms with van der Waals surface area (Å²) >= 11 is 0. The summed E-state index contributed by atoms with van der Waals surface area (Å²) in [7, 11) is 0. The Morgan fingerprint density at radius 3 is 2.59 bits per heavy atom. The zero-order valence-corrected chi connectivity index (χ0v) is 17.0. The van der Waals surface area contributed by atoms with Crippen molar-refractivity contribution >= 4 is 11.9 Å². The maximum absolute atomic E-state index is 12.4. The number of carbonyl (C=O) groups excluding carboxylic acids is 1. The van der Waals surface area contributed by atoms with Crippen molar-refractivity contribution in [3.8, 4) is 11.5 Å². The van der Waals surface area contributed by atoms with E-state index in [2.05, 4.69) is 5.10 Å². The number of hydrogen-bond donors (Lipinski definition) is 0. The van der Waals surface area contributed by atoms with E-state index in [0.717, 1.165) is 11.1 Å². The number of aromatic nitrogens is 2. The van der Waals surface area contributed by atoms with Crippen LogP contribution in [0.2, 0.25) is 0 Å². The lowest BCUT2D eigenvalue weighted by molar-refractivity contribution is 0.104. The largest absolute Gasteiger partial charge is 0.490 e. The van der Waals surface area contributed by atoms with Gasteiger partial charge in [0.15, 0.2) is 17.3 Å². The predicted octanol–water partition coefficient (Wildman–Crippen LogP) is 5.34. The molecule has 0 bridgehead atoms. The third-order valence-electron chi connectivity index (χ3n) is 4.35. The highest BCUT2D eigenvalue weighted by Crippen LogP contribution is 2.30. The van der Waals surface area contributed by atoms with Gasteiger partial charge in [-0.15, -0.1) is 0 Å². The summed E-state index contributed by atoms with van der Waals surface area (Å²) in [6.45, 7) is 6.97. The van der Waals surface area contributed by atoms with Crippen molar-refractivity contribution in [2.45, 2.75) is 33.4 Å². The number of ketones is 1. The molecule has 0 aliphatic heterocycles. The van der Waals surface area contributed by atoms with Crippen LogP contribution in [0.5, 0.6) is 11.5 Å². The monoisotopic (exact) mass is 390 g/mol. The van der Waals surface area contributed by atoms with E-state index in [-0.39, 0.29) is 11.8 Å². The van der Waals surface area contributed by atoms with Gasteiger partial charge in [-0.1, -0.05) is 42.5 Å². The van der Waals surface area contributed by atoms with Gasteiger partial charge in [0, 0.05) is 12.2 Å². The fourth-order valence-corrected chi connectivity index (χ4v) is 2.77. The summed E-state index contributed by atoms with van der Waals surface area (Å²) in [4.78, 5) is 12.4. The third kappa shape index (κ3) is 5.57. The van der Waals surface area contributed by atoms with Crippen molar-refractivity contribution in [1.82, 2.24) is 9.78 Å². The molecule has 0 fully saturated rings. The van der Waals surface area contributed by atoms with Crippen LogP contribution in [0.25, 0.3) is 6.08 Å². The molecule has 1 heterocycles. The molecule has 0 aliphatic rings. The Balaban J connectivity index is 1.71. The second-order valence-corrected chi connectivity index (χ2v) is 6.91. The van der Waals surface area contributed by atoms with Crippen molar-refractivity contribution in [2.24, 2.45) is 0 Å². The summed E-state index contributed by atoms with van der Waals surface area (Å²) in [5, 5.41) is 4.21. The Hall–Kier alpha value is -3.34. The molecular weight excluding hydrogens is 364 g/mol. The minimum absolute atomic E-state index is 0.0840. The van der Waals surface area contributed by atoms with Crippen LogP contribution < -0.4 is 9.47 Å². The van der Waals surface area contributed by atoms with Crippen LogP contribution in [0.4, 0.5) is 0 Å². The lowest BCUT2D eigenvalue weighted by Gasteiger charge is -2.12. The average molecular weight is 390 g/mol. The summed E-state index contributed by atoms with van der Waals surface area (Å²) < 4.78 is 13.4. The van der Waals surface area contributed by atoms with E-state index in [9.17, 15) is 4.79 Å². The molecule has 0 saturated heterocycles. The first kappa shape index (κ1) is 20.4. The van der Waals surface area contributed by atoms with Crippen molar-refractivity contribution in [3.05, 3.63) is 83.7 Å². The van der Waals surface area contributed by atoms with E-state index in [1.807, 2.05) is 69.3 Å². The van der Waals surface area contributed by atoms with Gasteiger partial charge in [-0.3, -0.25) is 9.48 Å². The third-order valence-corrected chi connectivity index (χ3v) is 4.35. The summed E-state index contributed by atoms with van der Waals surface area (Å²) in [6.07, 6.45) is 6.69. The van der Waals surface area contributed by atoms with E-state index < -0.39 is 0 Å². The van der Waals surface area contributed by atoms with E-state index in [1.165, 1.54) is 0 Å². The zero-order valence-electron chi connectivity index (χ0n) is 17.0. The molecule has 2 aromatic carbocycles. The predicted molar refractivity (Wildman–Crippen MR) is 114 cm³/mol. The molecule has 1 aromatic heterocycles. The molecular formula is C24H26N2O3. The van der Waals surface area contributed by atoms with Crippen molar-refractivity contribution in [3.63, 3.8) is 0 Å². The number of allylic oxidation sites excluding steroid dienone is 1. The molecule has 0 unspecified atom stereocenters. The minimum Gasteiger partial charge on any atom is -0.490 e. The van der Waals surface area contributed by atoms with Gasteiger partial charge in [0.25, 0.3) is 0 Å². The lowest BCUT2D eigenvalue weighted by atomic mass is 10.1. The molecule has 3 aromatic rings. The molecule has 0 radical (unpaired) electrons. The standard InChI is InChI=1S/C24H26N2O3/c1-4-28-24-14-19(10-12-22(27)21-15-25-26(16-21)18(2)3)11-13-23(24)29-17-20-8-6-5-7-9-20/h5-16,18H,4,17H2,1-3H3/b12-10+. The van der Waals surface area contributed by atoms with Crippen LogP contribution in [0.15, 0.2) is 67.0 Å². The van der Waals surface area contributed by atoms with Crippen LogP contribution in [0.1, 0.15) is 48.3 Å². The van der Waals surface area contributed by atoms with Crippen LogP contribution >= 0.6 is 0 Å². The van der Waals surface area contributed by atoms with Gasteiger partial charge in [-0.25, -0.2) is 0 Å². The highest BCUT2D eigenvalue weighted by Gasteiger charge is 2.09. The van der Waals surface area contributed by atoms with E-state index in [1.54, 1.807) is 29.2 Å². The van der Waals surface area contributed by atoms with Crippen molar-refractivity contribution in [1.29, 1.82) is 0 Å². The lowest BCUT2D eigenvalue weighted by Crippen LogP contribution is -2.00. The first-order valence-electron chi connectivity index (χ1n) is 9.77. The van der Waals surface area contributed by atoms with Gasteiger partial charge >= 0.3 is 0 Å². The number of nitrogens with zero attached hydrogens (tertiary/aromatic N) is 2. The molecule has 0 spiro atoms. The molecule has 5 nitrogen and oxygen atoms in total. The smallest absolute Gasteiger partial charge is 0.189 e. The minimum atomic E-state index is -0.0840. The fraction of sp³-hybridized carbons (Fsp3) is 0.250. The molecule has 0 atom stereocenters. The van der Waals surface area contributed by atoms with E-state index in [0.29, 0.717) is 30.3 Å². The second-order valence-electron chi connectivity index (χ2n) is 6.91. The molecule has 5 heteroatoms. The maximum Gasteiger partial charge on any atom is 0.189 e. The molecule has 0 aliphatic carbocycles. The van der Waals surface area contributed by atoms with Gasteiger partial charge in [0.1, 0.15) is 6.61 Å². The summed E-state index contributed by atoms with van der Waals surface area (Å²) in [6, 6.07) is 15.9. The van der Waals surface area contributed by atoms with Crippen LogP contribution in [-0.4, -0.2) is 22.2 Å². The first-order valence-corrected chi connectivity index (χ1v) is 9.77. The van der Waals surface area contributed by atoms with Gasteiger partial charge in [0.2, 0.25) is 0 Å². The van der Waals surface area contributed by atoms with Gasteiger partial charge < -0.3 is 9.47 Å². The number of benzene rings is 2. The molecule has 0 amide bonds.